The van der Waals surface area contributed by atoms with Gasteiger partial charge in [0.25, 0.3) is 0 Å². The second kappa shape index (κ2) is 139. The first-order valence-electron chi connectivity index (χ1n) is 38.3. The maximum atomic E-state index is 4.15. The molecule has 0 aliphatic heterocycles. The van der Waals surface area contributed by atoms with Crippen molar-refractivity contribution in [2.75, 3.05) is 69.0 Å². The molecule has 0 spiro atoms. The minimum absolute atomic E-state index is 0. The molecule has 7 saturated carbocycles. The normalized spacial score (nSPS) is 15.1. The Morgan fingerprint density at radius 2 is 0.449 bits per heavy atom. The maximum Gasteiger partial charge on any atom is 2.00 e. The zero-order chi connectivity index (χ0) is 72.0. The molecule has 0 aromatic rings. The van der Waals surface area contributed by atoms with Gasteiger partial charge in [0.15, 0.2) is 0 Å². The van der Waals surface area contributed by atoms with Crippen molar-refractivity contribution >= 4 is 42.4 Å². The van der Waals surface area contributed by atoms with Crippen molar-refractivity contribution in [3.63, 3.8) is 0 Å². The van der Waals surface area contributed by atoms with Crippen LogP contribution in [0.1, 0.15) is 350 Å². The van der Waals surface area contributed by atoms with Crippen LogP contribution in [0.4, 0.5) is 0 Å². The molecule has 7 rings (SSSR count). The Hall–Kier alpha value is 0.654. The van der Waals surface area contributed by atoms with Crippen LogP contribution in [0.3, 0.4) is 0 Å². The minimum Gasteiger partial charge on any atom is -0.475 e. The number of hydrogen-bond donors (Lipinski definition) is 0. The van der Waals surface area contributed by atoms with Crippen molar-refractivity contribution in [2.24, 2.45) is 64.5 Å². The van der Waals surface area contributed by atoms with Gasteiger partial charge >= 0.3 is 136 Å². The fourth-order valence-electron chi connectivity index (χ4n) is 10.2. The number of nitrogens with zero attached hydrogens (tertiary/aromatic N) is 14. The van der Waals surface area contributed by atoms with Gasteiger partial charge in [-0.05, 0) is 81.5 Å². The van der Waals surface area contributed by atoms with Gasteiger partial charge < -0.3 is 124 Å². The molecule has 7 fully saturated rings. The van der Waals surface area contributed by atoms with Crippen LogP contribution in [0.25, 0.3) is 37.2 Å². The summed E-state index contributed by atoms with van der Waals surface area (Å²) >= 11 is 0. The molecule has 0 heterocycles. The first kappa shape index (κ1) is 163. The van der Waals surface area contributed by atoms with Crippen molar-refractivity contribution in [1.29, 1.82) is 0 Å². The summed E-state index contributed by atoms with van der Waals surface area (Å²) in [6, 6.07) is 1.51. The van der Waals surface area contributed by atoms with Gasteiger partial charge in [-0.15, -0.1) is 19.0 Å². The Morgan fingerprint density at radius 3 is 0.514 bits per heavy atom. The van der Waals surface area contributed by atoms with Gasteiger partial charge in [-0.1, -0.05) is 415 Å². The van der Waals surface area contributed by atoms with Gasteiger partial charge in [0.05, 0.1) is 0 Å². The van der Waals surface area contributed by atoms with Crippen molar-refractivity contribution in [2.45, 2.75) is 375 Å². The summed E-state index contributed by atoms with van der Waals surface area (Å²) in [5, 5.41) is 26.4. The first-order chi connectivity index (χ1) is 44.5. The largest absolute Gasteiger partial charge is 2.00 e. The number of aliphatic imine (C=N–C) groups is 7. The number of rotatable bonds is 13. The topological polar surface area (TPSA) is 185 Å². The van der Waals surface area contributed by atoms with Crippen LogP contribution in [-0.2, 0) is 136 Å². The molecule has 0 aromatic carbocycles. The van der Waals surface area contributed by atoms with Crippen molar-refractivity contribution in [3.05, 3.63) is 89.2 Å². The zero-order valence-corrected chi connectivity index (χ0v) is 89.3. The van der Waals surface area contributed by atoms with E-state index in [1.54, 1.807) is 68.3 Å². The van der Waals surface area contributed by atoms with Crippen LogP contribution >= 0.6 is 0 Å². The third-order valence-corrected chi connectivity index (χ3v) is 16.3. The zero-order valence-electron chi connectivity index (χ0n) is 77.1. The standard InChI is InChI=1S/3C7H14.C6H13N2.2C6H12.6C5H11N2.2C5H10.7CH3.7Ru/c3*1-2-7-5-3-4-6-7;1-5(2)8-6(3)7-4;2*1-6-4-2-3-5-6;3*1-5(2)7-4-6-3;3*1-4-7-5(2)6-3;2*1-2-4-5-3-1;;;;;;;;;;;;;;/h3*7H,2-6H2,1H3;5H,1-4H3;2*6H,2-5H2,1H3;3*4-5H,1-3H3;3*4H2,1-3H3;2*1-5H2;7*1H3;;;;;;;/q;;;-1;;;6*-1;;;7*-1;7*+2. The Labute approximate surface area is 768 Å². The van der Waals surface area contributed by atoms with Crippen LogP contribution in [0.2, 0.25) is 0 Å². The molecule has 0 amide bonds. The maximum absolute atomic E-state index is 4.15. The fraction of sp³-hybridized carbons (Fsp3) is 0.837. The van der Waals surface area contributed by atoms with E-state index in [0.717, 1.165) is 72.6 Å². The van der Waals surface area contributed by atoms with Crippen molar-refractivity contribution < 1.29 is 136 Å². The van der Waals surface area contributed by atoms with Crippen LogP contribution in [0.15, 0.2) is 34.9 Å². The summed E-state index contributed by atoms with van der Waals surface area (Å²) in [4.78, 5) is 28.0. The third kappa shape index (κ3) is 163. The predicted molar refractivity (Wildman–Crippen MR) is 478 cm³/mol. The van der Waals surface area contributed by atoms with E-state index in [2.05, 4.69) is 107 Å². The SMILES string of the molecule is C1CCCC1.C1CCCC1.CC1CCCC1.CC1CCCC1.CCC1CCCC1.CCC1CCCC1.CCC1CCCC1.CCN=C(C)[N-]C.CCN=C(C)[N-]C.CCN=C(C)[N-]C.C[N-]C(C)=NC(C)C.C[N-]C=NC(C)C.C[N-]C=NC(C)C.C[N-]C=NC(C)C.[CH3-].[CH3-].[CH3-].[CH3-].[CH3-].[CH3-].[CH3-].[Ru+2].[Ru+2].[Ru+2].[Ru+2].[Ru+2].[Ru+2].[Ru+2]. The Bertz CT molecular complexity index is 1450. The average molecular weight is 2120 g/mol. The van der Waals surface area contributed by atoms with E-state index in [0.29, 0.717) is 24.2 Å². The quantitative estimate of drug-likeness (QED) is 0.0736. The van der Waals surface area contributed by atoms with Crippen LogP contribution < -0.4 is 0 Å². The molecule has 0 aromatic heterocycles. The molecule has 0 saturated heterocycles. The van der Waals surface area contributed by atoms with Gasteiger partial charge in [0, 0.05) is 0 Å². The summed E-state index contributed by atoms with van der Waals surface area (Å²) in [5.74, 6) is 8.89. The summed E-state index contributed by atoms with van der Waals surface area (Å²) in [5.41, 5.74) is 0. The fourth-order valence-corrected chi connectivity index (χ4v) is 10.2. The van der Waals surface area contributed by atoms with E-state index in [1.165, 1.54) is 212 Å². The summed E-state index contributed by atoms with van der Waals surface area (Å²) in [6.45, 7) is 43.8. The van der Waals surface area contributed by atoms with E-state index < -0.39 is 0 Å². The van der Waals surface area contributed by atoms with E-state index in [4.69, 9.17) is 0 Å². The predicted octanol–water partition coefficient (Wildman–Crippen LogP) is 29.6. The Kier molecular flexibility index (Phi) is 211. The first-order valence-corrected chi connectivity index (χ1v) is 38.3. The monoisotopic (exact) mass is 2130 g/mol. The van der Waals surface area contributed by atoms with Crippen LogP contribution in [0, 0.1) is 81.6 Å². The van der Waals surface area contributed by atoms with E-state index in [1.807, 2.05) is 104 Å². The van der Waals surface area contributed by atoms with E-state index >= 15 is 0 Å². The van der Waals surface area contributed by atoms with Gasteiger partial charge in [0.2, 0.25) is 0 Å². The smallest absolute Gasteiger partial charge is 0.475 e. The van der Waals surface area contributed by atoms with Gasteiger partial charge in [-0.2, -0.15) is 0 Å². The van der Waals surface area contributed by atoms with Gasteiger partial charge in [-0.25, -0.2) is 0 Å². The van der Waals surface area contributed by atoms with E-state index in [-0.39, 0.29) is 188 Å². The molecule has 0 radical (unpaired) electrons. The molecular formula is C86H186N14Ru7. The summed E-state index contributed by atoms with van der Waals surface area (Å²) in [7, 11) is 12.1. The van der Waals surface area contributed by atoms with Crippen molar-refractivity contribution in [3.8, 4) is 0 Å². The summed E-state index contributed by atoms with van der Waals surface area (Å²) in [6.07, 6.45) is 53.9. The molecule has 7 aliphatic rings. The van der Waals surface area contributed by atoms with Crippen molar-refractivity contribution in [1.82, 2.24) is 0 Å². The number of amidine groups is 4. The molecule has 7 aliphatic carbocycles. The molecule has 0 unspecified atom stereocenters. The Balaban J connectivity index is -0.0000000388. The molecule has 0 N–H and O–H groups in total. The third-order valence-electron chi connectivity index (χ3n) is 16.3. The summed E-state index contributed by atoms with van der Waals surface area (Å²) < 4.78 is 0. The second-order valence-corrected chi connectivity index (χ2v) is 26.6. The van der Waals surface area contributed by atoms with E-state index in [9.17, 15) is 0 Å². The Morgan fingerprint density at radius 1 is 0.280 bits per heavy atom. The molecule has 0 atom stereocenters. The molecule has 656 valence electrons. The molecular weight excluding hydrogens is 1940 g/mol. The molecule has 21 heteroatoms. The molecule has 107 heavy (non-hydrogen) atoms. The molecule has 0 bridgehead atoms. The van der Waals surface area contributed by atoms with Gasteiger partial charge in [-0.3, -0.25) is 0 Å². The second-order valence-electron chi connectivity index (χ2n) is 26.6. The molecule has 14 nitrogen and oxygen atoms in total. The number of hydrogen-bond acceptors (Lipinski definition) is 7. The van der Waals surface area contributed by atoms with Crippen LogP contribution in [0.5, 0.6) is 0 Å². The van der Waals surface area contributed by atoms with Gasteiger partial charge in [0.1, 0.15) is 0 Å². The van der Waals surface area contributed by atoms with Crippen LogP contribution in [-0.4, -0.2) is 135 Å². The average Bonchev–Trinajstić information content (AvgIpc) is 1.90. The minimum atomic E-state index is 0.